The molecule has 0 saturated heterocycles. The predicted octanol–water partition coefficient (Wildman–Crippen LogP) is 3.59. The number of fused-ring (bicyclic) bond motifs is 1. The highest BCUT2D eigenvalue weighted by Gasteiger charge is 2.24. The topological polar surface area (TPSA) is 49.0 Å². The molecular formula is C20H27NO4. The van der Waals surface area contributed by atoms with Gasteiger partial charge in [-0.05, 0) is 47.4 Å². The van der Waals surface area contributed by atoms with Crippen molar-refractivity contribution in [3.05, 3.63) is 47.0 Å². The van der Waals surface area contributed by atoms with E-state index in [0.29, 0.717) is 0 Å². The van der Waals surface area contributed by atoms with Gasteiger partial charge < -0.3 is 24.3 Å². The fourth-order valence-corrected chi connectivity index (χ4v) is 3.21. The first-order valence-electron chi connectivity index (χ1n) is 7.92. The Labute approximate surface area is 149 Å². The Hall–Kier alpha value is -2.40. The molecule has 5 heteroatoms. The molecule has 136 valence electrons. The van der Waals surface area contributed by atoms with Crippen molar-refractivity contribution in [2.75, 3.05) is 35.0 Å². The van der Waals surface area contributed by atoms with Gasteiger partial charge in [0.05, 0.1) is 34.5 Å². The van der Waals surface area contributed by atoms with E-state index in [9.17, 15) is 0 Å². The van der Waals surface area contributed by atoms with Gasteiger partial charge >= 0.3 is 0 Å². The molecular weight excluding hydrogens is 318 g/mol. The molecule has 1 N–H and O–H groups in total. The largest absolute Gasteiger partial charge is 0.493 e. The molecule has 2 aromatic carbocycles. The maximum atomic E-state index is 5.47. The van der Waals surface area contributed by atoms with Crippen molar-refractivity contribution in [1.29, 1.82) is 0 Å². The highest BCUT2D eigenvalue weighted by molar-refractivity contribution is 5.53. The number of hydrogen-bond acceptors (Lipinski definition) is 5. The summed E-state index contributed by atoms with van der Waals surface area (Å²) in [5.41, 5.74) is 3.60. The number of methoxy groups -OCH3 is 4. The number of hydrogen-bond donors (Lipinski definition) is 1. The van der Waals surface area contributed by atoms with Gasteiger partial charge in [0, 0.05) is 6.54 Å². The van der Waals surface area contributed by atoms with Crippen LogP contribution in [0.25, 0.3) is 0 Å². The van der Waals surface area contributed by atoms with Gasteiger partial charge in [-0.15, -0.1) is 0 Å². The molecule has 25 heavy (non-hydrogen) atoms. The van der Waals surface area contributed by atoms with Crippen molar-refractivity contribution in [2.24, 2.45) is 0 Å². The highest BCUT2D eigenvalue weighted by atomic mass is 16.5. The normalized spacial score (nSPS) is 15.6. The van der Waals surface area contributed by atoms with Crippen molar-refractivity contribution < 1.29 is 18.9 Å². The Bertz CT molecular complexity index is 730. The first-order valence-corrected chi connectivity index (χ1v) is 7.92. The lowest BCUT2D eigenvalue weighted by molar-refractivity contribution is 0.352. The van der Waals surface area contributed by atoms with Crippen molar-refractivity contribution in [1.82, 2.24) is 5.32 Å². The molecule has 0 aromatic heterocycles. The van der Waals surface area contributed by atoms with Gasteiger partial charge in [-0.3, -0.25) is 0 Å². The van der Waals surface area contributed by atoms with Crippen LogP contribution in [0, 0.1) is 0 Å². The summed E-state index contributed by atoms with van der Waals surface area (Å²) in [6.45, 7) is 0.904. The second-order valence-electron chi connectivity index (χ2n) is 5.66. The molecule has 3 rings (SSSR count). The SMILES string of the molecule is C.COc1ccc(C2NCCc3cc(OC)c(OC)cc32)cc1OC. The summed E-state index contributed by atoms with van der Waals surface area (Å²) >= 11 is 0. The van der Waals surface area contributed by atoms with Crippen LogP contribution in [0.2, 0.25) is 0 Å². The second kappa shape index (κ2) is 8.12. The molecule has 1 unspecified atom stereocenters. The van der Waals surface area contributed by atoms with E-state index >= 15 is 0 Å². The molecule has 1 heterocycles. The maximum absolute atomic E-state index is 5.47. The third-order valence-electron chi connectivity index (χ3n) is 4.44. The predicted molar refractivity (Wildman–Crippen MR) is 99.4 cm³/mol. The Morgan fingerprint density at radius 1 is 0.800 bits per heavy atom. The summed E-state index contributed by atoms with van der Waals surface area (Å²) in [6.07, 6.45) is 0.958. The zero-order valence-corrected chi connectivity index (χ0v) is 14.5. The lowest BCUT2D eigenvalue weighted by atomic mass is 9.89. The summed E-state index contributed by atoms with van der Waals surface area (Å²) in [6, 6.07) is 10.2. The van der Waals surface area contributed by atoms with E-state index in [2.05, 4.69) is 23.5 Å². The van der Waals surface area contributed by atoms with E-state index in [1.165, 1.54) is 11.1 Å². The summed E-state index contributed by atoms with van der Waals surface area (Å²) in [7, 11) is 6.61. The first kappa shape index (κ1) is 18.9. The number of rotatable bonds is 5. The van der Waals surface area contributed by atoms with Crippen LogP contribution in [0.5, 0.6) is 23.0 Å². The van der Waals surface area contributed by atoms with Gasteiger partial charge in [0.1, 0.15) is 0 Å². The van der Waals surface area contributed by atoms with Gasteiger partial charge in [-0.25, -0.2) is 0 Å². The van der Waals surface area contributed by atoms with E-state index < -0.39 is 0 Å². The Morgan fingerprint density at radius 3 is 2.04 bits per heavy atom. The van der Waals surface area contributed by atoms with Crippen LogP contribution in [0.15, 0.2) is 30.3 Å². The number of benzene rings is 2. The average Bonchev–Trinajstić information content (AvgIpc) is 2.65. The highest BCUT2D eigenvalue weighted by Crippen LogP contribution is 2.39. The Balaban J connectivity index is 0.00000225. The zero-order valence-electron chi connectivity index (χ0n) is 14.5. The van der Waals surface area contributed by atoms with Gasteiger partial charge in [0.15, 0.2) is 23.0 Å². The minimum absolute atomic E-state index is 0. The molecule has 5 nitrogen and oxygen atoms in total. The number of nitrogens with one attached hydrogen (secondary N) is 1. The fourth-order valence-electron chi connectivity index (χ4n) is 3.21. The molecule has 0 bridgehead atoms. The second-order valence-corrected chi connectivity index (χ2v) is 5.66. The molecule has 1 aliphatic heterocycles. The monoisotopic (exact) mass is 345 g/mol. The van der Waals surface area contributed by atoms with Crippen LogP contribution >= 0.6 is 0 Å². The zero-order chi connectivity index (χ0) is 17.1. The third-order valence-corrected chi connectivity index (χ3v) is 4.44. The van der Waals surface area contributed by atoms with Crippen molar-refractivity contribution in [2.45, 2.75) is 19.9 Å². The van der Waals surface area contributed by atoms with E-state index in [0.717, 1.165) is 41.5 Å². The van der Waals surface area contributed by atoms with E-state index in [-0.39, 0.29) is 13.5 Å². The van der Waals surface area contributed by atoms with Crippen LogP contribution in [0.3, 0.4) is 0 Å². The van der Waals surface area contributed by atoms with E-state index in [1.807, 2.05) is 12.1 Å². The summed E-state index contributed by atoms with van der Waals surface area (Å²) < 4.78 is 21.7. The van der Waals surface area contributed by atoms with Crippen LogP contribution < -0.4 is 24.3 Å². The number of ether oxygens (including phenoxy) is 4. The summed E-state index contributed by atoms with van der Waals surface area (Å²) in [4.78, 5) is 0. The standard InChI is InChI=1S/C19H23NO4.CH4/c1-21-15-6-5-13(10-16(15)22-2)19-14-11-18(24-4)17(23-3)9-12(14)7-8-20-19;/h5-6,9-11,19-20H,7-8H2,1-4H3;1H4. The Morgan fingerprint density at radius 2 is 1.40 bits per heavy atom. The third kappa shape index (κ3) is 3.51. The smallest absolute Gasteiger partial charge is 0.161 e. The molecule has 2 aromatic rings. The molecule has 1 atom stereocenters. The van der Waals surface area contributed by atoms with Crippen LogP contribution in [-0.2, 0) is 6.42 Å². The van der Waals surface area contributed by atoms with Crippen LogP contribution in [0.4, 0.5) is 0 Å². The van der Waals surface area contributed by atoms with E-state index in [4.69, 9.17) is 18.9 Å². The minimum Gasteiger partial charge on any atom is -0.493 e. The fraction of sp³-hybridized carbons (Fsp3) is 0.400. The van der Waals surface area contributed by atoms with Gasteiger partial charge in [-0.2, -0.15) is 0 Å². The van der Waals surface area contributed by atoms with Gasteiger partial charge in [-0.1, -0.05) is 13.5 Å². The quantitative estimate of drug-likeness (QED) is 0.897. The molecule has 1 aliphatic rings. The molecule has 0 fully saturated rings. The summed E-state index contributed by atoms with van der Waals surface area (Å²) in [5.74, 6) is 2.96. The van der Waals surface area contributed by atoms with E-state index in [1.54, 1.807) is 28.4 Å². The first-order chi connectivity index (χ1) is 11.7. The molecule has 0 radical (unpaired) electrons. The molecule has 0 spiro atoms. The van der Waals surface area contributed by atoms with Crippen LogP contribution in [-0.4, -0.2) is 35.0 Å². The lowest BCUT2D eigenvalue weighted by Crippen LogP contribution is -2.30. The van der Waals surface area contributed by atoms with Crippen molar-refractivity contribution in [3.8, 4) is 23.0 Å². The van der Waals surface area contributed by atoms with Crippen molar-refractivity contribution >= 4 is 0 Å². The summed E-state index contributed by atoms with van der Waals surface area (Å²) in [5, 5.41) is 3.58. The van der Waals surface area contributed by atoms with Crippen LogP contribution in [0.1, 0.15) is 30.2 Å². The maximum Gasteiger partial charge on any atom is 0.161 e. The lowest BCUT2D eigenvalue weighted by Gasteiger charge is -2.29. The van der Waals surface area contributed by atoms with Crippen molar-refractivity contribution in [3.63, 3.8) is 0 Å². The minimum atomic E-state index is 0. The van der Waals surface area contributed by atoms with Gasteiger partial charge in [0.2, 0.25) is 0 Å². The Kier molecular flexibility index (Phi) is 6.15. The average molecular weight is 345 g/mol. The molecule has 0 saturated carbocycles. The molecule has 0 aliphatic carbocycles. The van der Waals surface area contributed by atoms with Gasteiger partial charge in [0.25, 0.3) is 0 Å². The molecule has 0 amide bonds.